The van der Waals surface area contributed by atoms with Crippen LogP contribution >= 0.6 is 11.3 Å². The van der Waals surface area contributed by atoms with Crippen molar-refractivity contribution in [3.8, 4) is 0 Å². The lowest BCUT2D eigenvalue weighted by Gasteiger charge is -2.31. The lowest BCUT2D eigenvalue weighted by molar-refractivity contribution is -0.132. The van der Waals surface area contributed by atoms with Crippen molar-refractivity contribution in [2.75, 3.05) is 11.4 Å². The molecular weight excluding hydrogens is 254 g/mol. The molecule has 18 heavy (non-hydrogen) atoms. The monoisotopic (exact) mass is 269 g/mol. The molecule has 1 aliphatic rings. The van der Waals surface area contributed by atoms with Crippen LogP contribution in [0.2, 0.25) is 0 Å². The summed E-state index contributed by atoms with van der Waals surface area (Å²) in [5.41, 5.74) is 0.732. The van der Waals surface area contributed by atoms with Crippen LogP contribution in [0.1, 0.15) is 30.5 Å². The topological polar surface area (TPSA) is 82.5 Å². The van der Waals surface area contributed by atoms with E-state index in [4.69, 9.17) is 0 Å². The fourth-order valence-electron chi connectivity index (χ4n) is 1.85. The van der Waals surface area contributed by atoms with Gasteiger partial charge in [-0.3, -0.25) is 14.9 Å². The van der Waals surface area contributed by atoms with Crippen LogP contribution in [-0.4, -0.2) is 34.5 Å². The van der Waals surface area contributed by atoms with Gasteiger partial charge < -0.3 is 10.0 Å². The molecule has 0 bridgehead atoms. The number of rotatable bonds is 2. The Morgan fingerprint density at radius 3 is 2.78 bits per heavy atom. The van der Waals surface area contributed by atoms with E-state index in [1.54, 1.807) is 25.7 Å². The smallest absolute Gasteiger partial charge is 0.249 e. The highest BCUT2D eigenvalue weighted by atomic mass is 32.1. The average Bonchev–Trinajstić information content (AvgIpc) is 2.65. The molecule has 0 saturated carbocycles. The second-order valence-electron chi connectivity index (χ2n) is 4.34. The summed E-state index contributed by atoms with van der Waals surface area (Å²) in [5, 5.41) is 12.5. The van der Waals surface area contributed by atoms with Crippen molar-refractivity contribution < 1.29 is 14.7 Å². The standard InChI is InChI=1S/C11H15N3O3S/c1-5-9(7(3)15)18-11(12-5)14-4-8(16)13-10(17)6(14)2/h6-7,15H,4H2,1-3H3,(H,13,16,17). The zero-order valence-electron chi connectivity index (χ0n) is 10.4. The second kappa shape index (κ2) is 4.66. The lowest BCUT2D eigenvalue weighted by atomic mass is 10.2. The number of aliphatic hydroxyl groups excluding tert-OH is 1. The van der Waals surface area contributed by atoms with Gasteiger partial charge in [-0.1, -0.05) is 11.3 Å². The SMILES string of the molecule is Cc1nc(N2CC(=O)NC(=O)C2C)sc1C(C)O. The summed E-state index contributed by atoms with van der Waals surface area (Å²) in [6.45, 7) is 5.31. The van der Waals surface area contributed by atoms with Gasteiger partial charge in [-0.15, -0.1) is 0 Å². The van der Waals surface area contributed by atoms with Crippen LogP contribution in [0.25, 0.3) is 0 Å². The molecule has 0 aromatic carbocycles. The Balaban J connectivity index is 2.32. The number of hydrogen-bond donors (Lipinski definition) is 2. The fraction of sp³-hybridized carbons (Fsp3) is 0.545. The first-order valence-corrected chi connectivity index (χ1v) is 6.47. The number of piperazine rings is 1. The maximum absolute atomic E-state index is 11.6. The van der Waals surface area contributed by atoms with Gasteiger partial charge in [-0.05, 0) is 20.8 Å². The lowest BCUT2D eigenvalue weighted by Crippen LogP contribution is -2.57. The average molecular weight is 269 g/mol. The second-order valence-corrected chi connectivity index (χ2v) is 5.35. The minimum atomic E-state index is -0.596. The molecule has 1 aliphatic heterocycles. The van der Waals surface area contributed by atoms with Crippen molar-refractivity contribution in [2.45, 2.75) is 32.9 Å². The number of aliphatic hydroxyl groups is 1. The molecule has 0 radical (unpaired) electrons. The van der Waals surface area contributed by atoms with Crippen molar-refractivity contribution in [2.24, 2.45) is 0 Å². The molecule has 1 aromatic heterocycles. The third-order valence-corrected chi connectivity index (χ3v) is 4.23. The van der Waals surface area contributed by atoms with Gasteiger partial charge in [-0.2, -0.15) is 0 Å². The number of carbonyl (C=O) groups is 2. The molecule has 6 nitrogen and oxygen atoms in total. The zero-order chi connectivity index (χ0) is 13.4. The molecule has 98 valence electrons. The number of aryl methyl sites for hydroxylation is 1. The number of nitrogens with one attached hydrogen (secondary N) is 1. The molecule has 1 fully saturated rings. The van der Waals surface area contributed by atoms with E-state index in [9.17, 15) is 14.7 Å². The van der Waals surface area contributed by atoms with E-state index in [1.807, 2.05) is 0 Å². The van der Waals surface area contributed by atoms with Crippen molar-refractivity contribution in [1.82, 2.24) is 10.3 Å². The first-order valence-electron chi connectivity index (χ1n) is 5.66. The van der Waals surface area contributed by atoms with Crippen LogP contribution in [-0.2, 0) is 9.59 Å². The third kappa shape index (κ3) is 2.23. The summed E-state index contributed by atoms with van der Waals surface area (Å²) < 4.78 is 0. The number of carbonyl (C=O) groups excluding carboxylic acids is 2. The van der Waals surface area contributed by atoms with Gasteiger partial charge in [0.05, 0.1) is 16.7 Å². The number of nitrogens with zero attached hydrogens (tertiary/aromatic N) is 2. The predicted octanol–water partition coefficient (Wildman–Crippen LogP) is 0.356. The quantitative estimate of drug-likeness (QED) is 0.757. The molecule has 2 N–H and O–H groups in total. The largest absolute Gasteiger partial charge is 0.388 e. The summed E-state index contributed by atoms with van der Waals surface area (Å²) in [5.74, 6) is -0.651. The minimum absolute atomic E-state index is 0.110. The van der Waals surface area contributed by atoms with Gasteiger partial charge in [0.1, 0.15) is 12.6 Å². The molecule has 1 aromatic rings. The Morgan fingerprint density at radius 1 is 1.56 bits per heavy atom. The Bertz CT molecular complexity index is 498. The van der Waals surface area contributed by atoms with Gasteiger partial charge in [-0.25, -0.2) is 4.98 Å². The first kappa shape index (κ1) is 13.0. The van der Waals surface area contributed by atoms with E-state index in [0.717, 1.165) is 10.6 Å². The van der Waals surface area contributed by atoms with Gasteiger partial charge in [0, 0.05) is 0 Å². The normalized spacial score (nSPS) is 22.0. The molecule has 1 saturated heterocycles. The number of aromatic nitrogens is 1. The van der Waals surface area contributed by atoms with E-state index >= 15 is 0 Å². The Hall–Kier alpha value is -1.47. The van der Waals surface area contributed by atoms with Crippen LogP contribution in [0, 0.1) is 6.92 Å². The molecule has 2 rings (SSSR count). The molecule has 2 heterocycles. The van der Waals surface area contributed by atoms with Gasteiger partial charge in [0.15, 0.2) is 5.13 Å². The summed E-state index contributed by atoms with van der Waals surface area (Å²) in [7, 11) is 0. The fourth-order valence-corrected chi connectivity index (χ4v) is 2.93. The highest BCUT2D eigenvalue weighted by Gasteiger charge is 2.32. The number of anilines is 1. The molecule has 0 aliphatic carbocycles. The van der Waals surface area contributed by atoms with E-state index in [-0.39, 0.29) is 18.4 Å². The molecule has 2 amide bonds. The first-order chi connectivity index (χ1) is 8.40. The predicted molar refractivity (Wildman–Crippen MR) is 67.4 cm³/mol. The molecule has 7 heteroatoms. The summed E-state index contributed by atoms with van der Waals surface area (Å²) in [6, 6.07) is -0.435. The highest BCUT2D eigenvalue weighted by Crippen LogP contribution is 2.31. The van der Waals surface area contributed by atoms with Crippen molar-refractivity contribution in [1.29, 1.82) is 0 Å². The molecule has 2 atom stereocenters. The van der Waals surface area contributed by atoms with Crippen LogP contribution in [0.3, 0.4) is 0 Å². The number of imide groups is 1. The van der Waals surface area contributed by atoms with Crippen molar-refractivity contribution in [3.63, 3.8) is 0 Å². The van der Waals surface area contributed by atoms with Gasteiger partial charge >= 0.3 is 0 Å². The van der Waals surface area contributed by atoms with Gasteiger partial charge in [0.2, 0.25) is 11.8 Å². The molecule has 0 spiro atoms. The molecular formula is C11H15N3O3S. The maximum atomic E-state index is 11.6. The van der Waals surface area contributed by atoms with Crippen LogP contribution in [0.5, 0.6) is 0 Å². The maximum Gasteiger partial charge on any atom is 0.249 e. The van der Waals surface area contributed by atoms with E-state index in [2.05, 4.69) is 10.3 Å². The van der Waals surface area contributed by atoms with Crippen molar-refractivity contribution >= 4 is 28.3 Å². The number of amides is 2. The number of hydrogen-bond acceptors (Lipinski definition) is 6. The van der Waals surface area contributed by atoms with E-state index < -0.39 is 12.1 Å². The molecule has 2 unspecified atom stereocenters. The Morgan fingerprint density at radius 2 is 2.22 bits per heavy atom. The highest BCUT2D eigenvalue weighted by molar-refractivity contribution is 7.15. The van der Waals surface area contributed by atoms with E-state index in [1.165, 1.54) is 11.3 Å². The Kier molecular flexibility index (Phi) is 3.36. The van der Waals surface area contributed by atoms with Crippen LogP contribution in [0.4, 0.5) is 5.13 Å². The van der Waals surface area contributed by atoms with Gasteiger partial charge in [0.25, 0.3) is 0 Å². The third-order valence-electron chi connectivity index (χ3n) is 2.87. The summed E-state index contributed by atoms with van der Waals surface area (Å²) in [6.07, 6.45) is -0.596. The Labute approximate surface area is 109 Å². The summed E-state index contributed by atoms with van der Waals surface area (Å²) in [4.78, 5) is 29.7. The minimum Gasteiger partial charge on any atom is -0.388 e. The number of thiazole rings is 1. The summed E-state index contributed by atoms with van der Waals surface area (Å²) >= 11 is 1.31. The van der Waals surface area contributed by atoms with E-state index in [0.29, 0.717) is 5.13 Å². The van der Waals surface area contributed by atoms with Crippen molar-refractivity contribution in [3.05, 3.63) is 10.6 Å². The van der Waals surface area contributed by atoms with Crippen LogP contribution < -0.4 is 10.2 Å². The zero-order valence-corrected chi connectivity index (χ0v) is 11.2. The van der Waals surface area contributed by atoms with Crippen LogP contribution in [0.15, 0.2) is 0 Å².